The third-order valence-electron chi connectivity index (χ3n) is 5.00. The quantitative estimate of drug-likeness (QED) is 0.289. The number of carbonyl (C=O) groups excluding carboxylic acids is 2. The summed E-state index contributed by atoms with van der Waals surface area (Å²) >= 11 is 10.0. The minimum Gasteiger partial charge on any atom is -0.483 e. The Morgan fingerprint density at radius 1 is 1.14 bits per heavy atom. The van der Waals surface area contributed by atoms with Crippen molar-refractivity contribution >= 4 is 73.7 Å². The monoisotopic (exact) mass is 609 g/mol. The number of thioether (sulfide) groups is 1. The molecule has 0 radical (unpaired) electrons. The Morgan fingerprint density at radius 3 is 2.57 bits per heavy atom. The highest BCUT2D eigenvalue weighted by atomic mass is 79.9. The molecule has 37 heavy (non-hydrogen) atoms. The predicted molar refractivity (Wildman–Crippen MR) is 142 cm³/mol. The summed E-state index contributed by atoms with van der Waals surface area (Å²) in [5, 5.41) is 11.2. The minimum absolute atomic E-state index is 0.0645. The smallest absolute Gasteiger partial charge is 0.416 e. The van der Waals surface area contributed by atoms with Gasteiger partial charge in [-0.05, 0) is 78.5 Å². The van der Waals surface area contributed by atoms with Gasteiger partial charge in [-0.2, -0.15) is 13.2 Å². The number of halogens is 5. The number of benzene rings is 3. The number of amides is 2. The summed E-state index contributed by atoms with van der Waals surface area (Å²) in [5.41, 5.74) is -0.0154. The maximum Gasteiger partial charge on any atom is 0.416 e. The van der Waals surface area contributed by atoms with E-state index < -0.39 is 23.6 Å². The van der Waals surface area contributed by atoms with Crippen molar-refractivity contribution in [1.82, 2.24) is 0 Å². The normalized spacial score (nSPS) is 14.8. The van der Waals surface area contributed by atoms with Gasteiger partial charge in [-0.25, -0.2) is 0 Å². The van der Waals surface area contributed by atoms with Gasteiger partial charge < -0.3 is 10.1 Å². The van der Waals surface area contributed by atoms with Crippen LogP contribution in [0.4, 0.5) is 24.5 Å². The molecule has 0 aromatic heterocycles. The van der Waals surface area contributed by atoms with Gasteiger partial charge in [0, 0.05) is 20.7 Å². The van der Waals surface area contributed by atoms with Crippen LogP contribution in [0.25, 0.3) is 6.08 Å². The van der Waals surface area contributed by atoms with Crippen molar-refractivity contribution in [3.63, 3.8) is 0 Å². The number of amidine groups is 1. The number of alkyl halides is 3. The molecule has 1 saturated heterocycles. The molecule has 2 amide bonds. The van der Waals surface area contributed by atoms with E-state index in [0.717, 1.165) is 28.8 Å². The van der Waals surface area contributed by atoms with Crippen molar-refractivity contribution < 1.29 is 27.5 Å². The standard InChI is InChI=1S/C25H16BrClF3N3O3S/c26-16-4-9-20(36-13-22(34)32-18-7-5-17(27)6-8-18)14(10-16)11-21-23(35)33(24(31)37-21)19-3-1-2-15(12-19)25(28,29)30/h1-12,31H,13H2,(H,32,34)/b21-11-,31-24?. The van der Waals surface area contributed by atoms with E-state index in [4.69, 9.17) is 21.7 Å². The number of nitrogens with zero attached hydrogens (tertiary/aromatic N) is 1. The van der Waals surface area contributed by atoms with Crippen LogP contribution in [0.2, 0.25) is 5.02 Å². The molecule has 6 nitrogen and oxygen atoms in total. The fraction of sp³-hybridized carbons (Fsp3) is 0.0800. The number of nitrogens with one attached hydrogen (secondary N) is 2. The number of rotatable bonds is 6. The van der Waals surface area contributed by atoms with E-state index in [1.807, 2.05) is 0 Å². The first-order valence-electron chi connectivity index (χ1n) is 10.5. The van der Waals surface area contributed by atoms with E-state index in [1.165, 1.54) is 18.2 Å². The molecule has 0 unspecified atom stereocenters. The zero-order chi connectivity index (χ0) is 26.7. The van der Waals surface area contributed by atoms with Crippen LogP contribution in [0.1, 0.15) is 11.1 Å². The molecule has 3 aromatic carbocycles. The first-order chi connectivity index (χ1) is 17.5. The van der Waals surface area contributed by atoms with Gasteiger partial charge in [-0.15, -0.1) is 0 Å². The largest absolute Gasteiger partial charge is 0.483 e. The van der Waals surface area contributed by atoms with E-state index in [0.29, 0.717) is 26.5 Å². The van der Waals surface area contributed by atoms with Gasteiger partial charge in [-0.3, -0.25) is 19.9 Å². The Kier molecular flexibility index (Phi) is 7.96. The van der Waals surface area contributed by atoms with Gasteiger partial charge >= 0.3 is 6.18 Å². The zero-order valence-corrected chi connectivity index (χ0v) is 21.8. The second-order valence-electron chi connectivity index (χ2n) is 7.63. The SMILES string of the molecule is N=C1S/C(=C\c2cc(Br)ccc2OCC(=O)Nc2ccc(Cl)cc2)C(=O)N1c1cccc(C(F)(F)F)c1. The van der Waals surface area contributed by atoms with Gasteiger partial charge in [0.15, 0.2) is 11.8 Å². The van der Waals surface area contributed by atoms with Crippen molar-refractivity contribution in [3.8, 4) is 5.75 Å². The first kappa shape index (κ1) is 26.8. The van der Waals surface area contributed by atoms with Gasteiger partial charge in [-0.1, -0.05) is 33.6 Å². The average molecular weight is 611 g/mol. The van der Waals surface area contributed by atoms with E-state index >= 15 is 0 Å². The third-order valence-corrected chi connectivity index (χ3v) is 6.63. The fourth-order valence-corrected chi connectivity index (χ4v) is 4.68. The van der Waals surface area contributed by atoms with Gasteiger partial charge in [0.05, 0.1) is 16.2 Å². The molecule has 0 aliphatic carbocycles. The molecule has 1 fully saturated rings. The van der Waals surface area contributed by atoms with Crippen LogP contribution >= 0.6 is 39.3 Å². The van der Waals surface area contributed by atoms with Crippen molar-refractivity contribution in [1.29, 1.82) is 5.41 Å². The van der Waals surface area contributed by atoms with Crippen LogP contribution in [0.15, 0.2) is 76.1 Å². The topological polar surface area (TPSA) is 82.5 Å². The Hall–Kier alpha value is -3.28. The Labute approximate surface area is 227 Å². The van der Waals surface area contributed by atoms with Crippen molar-refractivity contribution in [2.45, 2.75) is 6.18 Å². The molecule has 4 rings (SSSR count). The molecular weight excluding hydrogens is 595 g/mol. The molecule has 190 valence electrons. The lowest BCUT2D eigenvalue weighted by Gasteiger charge is -2.16. The molecular formula is C25H16BrClF3N3O3S. The lowest BCUT2D eigenvalue weighted by Crippen LogP contribution is -2.28. The third kappa shape index (κ3) is 6.54. The second kappa shape index (κ2) is 11.0. The average Bonchev–Trinajstić information content (AvgIpc) is 3.12. The van der Waals surface area contributed by atoms with Crippen LogP contribution in [0.3, 0.4) is 0 Å². The Balaban J connectivity index is 1.53. The maximum atomic E-state index is 13.1. The Morgan fingerprint density at radius 2 is 1.86 bits per heavy atom. The van der Waals surface area contributed by atoms with Crippen LogP contribution < -0.4 is 15.0 Å². The van der Waals surface area contributed by atoms with Crippen molar-refractivity contribution in [3.05, 3.63) is 92.3 Å². The molecule has 12 heteroatoms. The van der Waals surface area contributed by atoms with E-state index in [9.17, 15) is 22.8 Å². The molecule has 0 atom stereocenters. The van der Waals surface area contributed by atoms with Crippen LogP contribution in [0.5, 0.6) is 5.75 Å². The van der Waals surface area contributed by atoms with Crippen molar-refractivity contribution in [2.75, 3.05) is 16.8 Å². The molecule has 0 spiro atoms. The molecule has 0 saturated carbocycles. The van der Waals surface area contributed by atoms with E-state index in [2.05, 4.69) is 21.2 Å². The molecule has 0 bridgehead atoms. The summed E-state index contributed by atoms with van der Waals surface area (Å²) in [6, 6.07) is 15.7. The van der Waals surface area contributed by atoms with Gasteiger partial charge in [0.25, 0.3) is 11.8 Å². The minimum atomic E-state index is -4.59. The van der Waals surface area contributed by atoms with Crippen LogP contribution in [-0.2, 0) is 15.8 Å². The highest BCUT2D eigenvalue weighted by molar-refractivity contribution is 9.10. The lowest BCUT2D eigenvalue weighted by atomic mass is 10.1. The maximum absolute atomic E-state index is 13.1. The van der Waals surface area contributed by atoms with E-state index in [-0.39, 0.29) is 22.4 Å². The van der Waals surface area contributed by atoms with E-state index in [1.54, 1.807) is 42.5 Å². The van der Waals surface area contributed by atoms with Crippen LogP contribution in [0, 0.1) is 5.41 Å². The molecule has 3 aromatic rings. The number of carbonyl (C=O) groups is 2. The first-order valence-corrected chi connectivity index (χ1v) is 12.5. The summed E-state index contributed by atoms with van der Waals surface area (Å²) in [6.45, 7) is -0.326. The predicted octanol–water partition coefficient (Wildman–Crippen LogP) is 7.19. The number of hydrogen-bond acceptors (Lipinski definition) is 5. The number of anilines is 2. The molecule has 2 N–H and O–H groups in total. The summed E-state index contributed by atoms with van der Waals surface area (Å²) in [7, 11) is 0. The fourth-order valence-electron chi connectivity index (χ4n) is 3.32. The summed E-state index contributed by atoms with van der Waals surface area (Å²) in [4.78, 5) is 26.4. The van der Waals surface area contributed by atoms with Gasteiger partial charge in [0.1, 0.15) is 5.75 Å². The summed E-state index contributed by atoms with van der Waals surface area (Å²) in [6.07, 6.45) is -3.12. The number of ether oxygens (including phenoxy) is 1. The van der Waals surface area contributed by atoms with Crippen molar-refractivity contribution in [2.24, 2.45) is 0 Å². The summed E-state index contributed by atoms with van der Waals surface area (Å²) < 4.78 is 45.7. The zero-order valence-electron chi connectivity index (χ0n) is 18.6. The number of hydrogen-bond donors (Lipinski definition) is 2. The van der Waals surface area contributed by atoms with Crippen LogP contribution in [-0.4, -0.2) is 23.6 Å². The summed E-state index contributed by atoms with van der Waals surface area (Å²) in [5.74, 6) is -0.784. The Bertz CT molecular complexity index is 1410. The highest BCUT2D eigenvalue weighted by Gasteiger charge is 2.36. The molecule has 1 aliphatic heterocycles. The second-order valence-corrected chi connectivity index (χ2v) is 10.0. The molecule has 1 aliphatic rings. The molecule has 1 heterocycles. The highest BCUT2D eigenvalue weighted by Crippen LogP contribution is 2.39. The lowest BCUT2D eigenvalue weighted by molar-refractivity contribution is -0.137. The van der Waals surface area contributed by atoms with Gasteiger partial charge in [0.2, 0.25) is 0 Å².